The van der Waals surface area contributed by atoms with Crippen LogP contribution in [0.15, 0.2) is 84.6 Å². The van der Waals surface area contributed by atoms with E-state index in [4.69, 9.17) is 0 Å². The van der Waals surface area contributed by atoms with Crippen LogP contribution in [-0.2, 0) is 0 Å². The number of aryl methyl sites for hydroxylation is 1. The van der Waals surface area contributed by atoms with Crippen LogP contribution in [0, 0.1) is 12.7 Å². The van der Waals surface area contributed by atoms with Gasteiger partial charge in [0.25, 0.3) is 5.91 Å². The molecule has 1 atom stereocenters. The number of carbonyl (C=O) groups excluding carboxylic acids is 1. The predicted molar refractivity (Wildman–Crippen MR) is 128 cm³/mol. The molecule has 0 spiro atoms. The van der Waals surface area contributed by atoms with E-state index in [9.17, 15) is 9.18 Å². The molecule has 1 aliphatic carbocycles. The number of anilines is 1. The number of pyridine rings is 1. The maximum atomic E-state index is 13.2. The third kappa shape index (κ3) is 3.96. The molecule has 1 aliphatic rings. The van der Waals surface area contributed by atoms with Crippen LogP contribution in [0.1, 0.15) is 41.0 Å². The molecule has 1 unspecified atom stereocenters. The average Bonchev–Trinajstić information content (AvgIpc) is 3.25. The zero-order chi connectivity index (χ0) is 22.9. The molecular weight excluding hydrogens is 415 g/mol. The Morgan fingerprint density at radius 2 is 1.91 bits per heavy atom. The van der Waals surface area contributed by atoms with Gasteiger partial charge < -0.3 is 5.32 Å². The lowest BCUT2D eigenvalue weighted by molar-refractivity contribution is 0.102. The molecule has 0 bridgehead atoms. The fourth-order valence-electron chi connectivity index (χ4n) is 4.21. The highest BCUT2D eigenvalue weighted by molar-refractivity contribution is 6.06. The highest BCUT2D eigenvalue weighted by atomic mass is 19.1. The quantitative estimate of drug-likeness (QED) is 0.420. The van der Waals surface area contributed by atoms with Crippen molar-refractivity contribution in [1.82, 2.24) is 14.6 Å². The van der Waals surface area contributed by atoms with Crippen molar-refractivity contribution >= 4 is 17.2 Å². The summed E-state index contributed by atoms with van der Waals surface area (Å²) in [7, 11) is 0. The van der Waals surface area contributed by atoms with Gasteiger partial charge in [-0.25, -0.2) is 4.39 Å². The van der Waals surface area contributed by atoms with E-state index in [1.165, 1.54) is 17.7 Å². The number of amides is 1. The summed E-state index contributed by atoms with van der Waals surface area (Å²) >= 11 is 0. The number of carbonyl (C=O) groups is 1. The van der Waals surface area contributed by atoms with Crippen molar-refractivity contribution in [2.24, 2.45) is 0 Å². The van der Waals surface area contributed by atoms with E-state index >= 15 is 0 Å². The van der Waals surface area contributed by atoms with Crippen molar-refractivity contribution < 1.29 is 9.18 Å². The van der Waals surface area contributed by atoms with Crippen molar-refractivity contribution in [2.45, 2.75) is 26.2 Å². The van der Waals surface area contributed by atoms with Crippen molar-refractivity contribution in [3.63, 3.8) is 0 Å². The number of nitrogens with one attached hydrogen (secondary N) is 1. The Labute approximate surface area is 191 Å². The molecule has 0 fully saturated rings. The highest BCUT2D eigenvalue weighted by Crippen LogP contribution is 2.32. The zero-order valence-corrected chi connectivity index (χ0v) is 18.4. The van der Waals surface area contributed by atoms with Crippen LogP contribution < -0.4 is 5.32 Å². The minimum atomic E-state index is -0.345. The zero-order valence-electron chi connectivity index (χ0n) is 18.4. The van der Waals surface area contributed by atoms with Crippen LogP contribution >= 0.6 is 0 Å². The maximum absolute atomic E-state index is 13.2. The second kappa shape index (κ2) is 8.47. The van der Waals surface area contributed by atoms with E-state index < -0.39 is 0 Å². The molecule has 33 heavy (non-hydrogen) atoms. The van der Waals surface area contributed by atoms with E-state index in [1.807, 2.05) is 47.9 Å². The summed E-state index contributed by atoms with van der Waals surface area (Å²) in [6, 6.07) is 15.5. The largest absolute Gasteiger partial charge is 0.322 e. The second-order valence-electron chi connectivity index (χ2n) is 8.29. The van der Waals surface area contributed by atoms with E-state index in [0.717, 1.165) is 34.6 Å². The topological polar surface area (TPSA) is 59.3 Å². The molecule has 1 N–H and O–H groups in total. The molecule has 4 aromatic rings. The molecule has 5 rings (SSSR count). The number of aromatic nitrogens is 3. The first-order valence-electron chi connectivity index (χ1n) is 10.9. The van der Waals surface area contributed by atoms with Gasteiger partial charge in [-0.15, -0.1) is 10.2 Å². The molecule has 164 valence electrons. The number of rotatable bonds is 4. The monoisotopic (exact) mass is 438 g/mol. The number of hydrogen-bond acceptors (Lipinski definition) is 3. The van der Waals surface area contributed by atoms with Gasteiger partial charge in [-0.3, -0.25) is 9.20 Å². The molecule has 0 radical (unpaired) electrons. The smallest absolute Gasteiger partial charge is 0.255 e. The average molecular weight is 439 g/mol. The van der Waals surface area contributed by atoms with E-state index in [0.29, 0.717) is 11.3 Å². The van der Waals surface area contributed by atoms with Crippen molar-refractivity contribution in [3.05, 3.63) is 107 Å². The summed E-state index contributed by atoms with van der Waals surface area (Å²) in [5.74, 6) is 0.508. The molecule has 5 nitrogen and oxygen atoms in total. The van der Waals surface area contributed by atoms with Gasteiger partial charge in [-0.05, 0) is 73.9 Å². The number of hydrogen-bond donors (Lipinski definition) is 1. The standard InChI is InChI=1S/C27H23FN4O/c1-17-6-3-4-7-22(17)25-30-31-26-23(8-5-15-32(25)26)19-10-9-18(2)24(16-19)27(33)29-21-13-11-20(28)12-14-21/h3-6,8-16,22H,7H2,1-2H3,(H,29,33). The summed E-state index contributed by atoms with van der Waals surface area (Å²) in [6.07, 6.45) is 9.21. The molecule has 0 saturated heterocycles. The summed E-state index contributed by atoms with van der Waals surface area (Å²) in [5.41, 5.74) is 5.73. The summed E-state index contributed by atoms with van der Waals surface area (Å²) in [6.45, 7) is 4.01. The number of allylic oxidation sites excluding steroid dienone is 4. The molecule has 1 amide bonds. The van der Waals surface area contributed by atoms with Gasteiger partial charge >= 0.3 is 0 Å². The lowest BCUT2D eigenvalue weighted by atomic mass is 9.92. The third-order valence-electron chi connectivity index (χ3n) is 6.08. The molecule has 2 aromatic heterocycles. The first kappa shape index (κ1) is 20.8. The number of fused-ring (bicyclic) bond motifs is 1. The van der Waals surface area contributed by atoms with Crippen LogP contribution in [0.3, 0.4) is 0 Å². The summed E-state index contributed by atoms with van der Waals surface area (Å²) < 4.78 is 15.2. The Kier molecular flexibility index (Phi) is 5.34. The van der Waals surface area contributed by atoms with Gasteiger partial charge in [-0.2, -0.15) is 0 Å². The molecular formula is C27H23FN4O. The van der Waals surface area contributed by atoms with Crippen LogP contribution in [0.25, 0.3) is 16.8 Å². The Bertz CT molecular complexity index is 1420. The normalized spacial score (nSPS) is 15.5. The van der Waals surface area contributed by atoms with Gasteiger partial charge in [0.2, 0.25) is 0 Å². The van der Waals surface area contributed by atoms with Gasteiger partial charge in [0.05, 0.1) is 0 Å². The lowest BCUT2D eigenvalue weighted by Gasteiger charge is -2.17. The maximum Gasteiger partial charge on any atom is 0.255 e. The number of benzene rings is 2. The van der Waals surface area contributed by atoms with E-state index in [-0.39, 0.29) is 17.6 Å². The van der Waals surface area contributed by atoms with Crippen LogP contribution in [-0.4, -0.2) is 20.5 Å². The first-order chi connectivity index (χ1) is 16.0. The summed E-state index contributed by atoms with van der Waals surface area (Å²) in [4.78, 5) is 13.0. The first-order valence-corrected chi connectivity index (χ1v) is 10.9. The van der Waals surface area contributed by atoms with Crippen molar-refractivity contribution in [1.29, 1.82) is 0 Å². The fourth-order valence-corrected chi connectivity index (χ4v) is 4.21. The fraction of sp³-hybridized carbons (Fsp3) is 0.148. The van der Waals surface area contributed by atoms with Crippen LogP contribution in [0.5, 0.6) is 0 Å². The summed E-state index contributed by atoms with van der Waals surface area (Å²) in [5, 5.41) is 11.9. The predicted octanol–water partition coefficient (Wildman–Crippen LogP) is 6.09. The van der Waals surface area contributed by atoms with Gasteiger partial charge in [0, 0.05) is 28.9 Å². The molecule has 6 heteroatoms. The van der Waals surface area contributed by atoms with Gasteiger partial charge in [-0.1, -0.05) is 35.9 Å². The van der Waals surface area contributed by atoms with E-state index in [2.05, 4.69) is 40.7 Å². The highest BCUT2D eigenvalue weighted by Gasteiger charge is 2.22. The molecule has 2 heterocycles. The van der Waals surface area contributed by atoms with Crippen molar-refractivity contribution in [3.8, 4) is 11.1 Å². The number of nitrogens with zero attached hydrogens (tertiary/aromatic N) is 3. The van der Waals surface area contributed by atoms with Gasteiger partial charge in [0.15, 0.2) is 5.65 Å². The van der Waals surface area contributed by atoms with E-state index in [1.54, 1.807) is 12.1 Å². The Morgan fingerprint density at radius 1 is 1.09 bits per heavy atom. The molecule has 2 aromatic carbocycles. The van der Waals surface area contributed by atoms with Crippen LogP contribution in [0.4, 0.5) is 10.1 Å². The minimum Gasteiger partial charge on any atom is -0.322 e. The number of halogens is 1. The Morgan fingerprint density at radius 3 is 2.70 bits per heavy atom. The molecule has 0 aliphatic heterocycles. The minimum absolute atomic E-state index is 0.190. The van der Waals surface area contributed by atoms with Gasteiger partial charge in [0.1, 0.15) is 11.6 Å². The Hall–Kier alpha value is -4.06. The third-order valence-corrected chi connectivity index (χ3v) is 6.08. The SMILES string of the molecule is CC1=CC=CCC1c1nnc2c(-c3ccc(C)c(C(=O)Nc4ccc(F)cc4)c3)cccn12. The molecule has 0 saturated carbocycles. The Balaban J connectivity index is 1.51. The van der Waals surface area contributed by atoms with Crippen LogP contribution in [0.2, 0.25) is 0 Å². The second-order valence-corrected chi connectivity index (χ2v) is 8.29. The van der Waals surface area contributed by atoms with Crippen molar-refractivity contribution in [2.75, 3.05) is 5.32 Å². The lowest BCUT2D eigenvalue weighted by Crippen LogP contribution is -2.13.